The summed E-state index contributed by atoms with van der Waals surface area (Å²) < 4.78 is 0. The number of aryl methyl sites for hydroxylation is 1. The lowest BCUT2D eigenvalue weighted by Gasteiger charge is -2.39. The summed E-state index contributed by atoms with van der Waals surface area (Å²) in [6.07, 6.45) is 15.9. The summed E-state index contributed by atoms with van der Waals surface area (Å²) in [6, 6.07) is 10.7. The molecule has 2 aromatic heterocycles. The molecular weight excluding hydrogens is 623 g/mol. The van der Waals surface area contributed by atoms with Gasteiger partial charge in [-0.1, -0.05) is 63.8 Å². The Labute approximate surface area is 288 Å². The zero-order valence-corrected chi connectivity index (χ0v) is 29.1. The van der Waals surface area contributed by atoms with Gasteiger partial charge in [-0.25, -0.2) is 9.97 Å². The molecule has 6 rings (SSSR count). The molecule has 3 fully saturated rings. The van der Waals surface area contributed by atoms with E-state index in [2.05, 4.69) is 17.1 Å². The molecule has 1 aromatic carbocycles. The zero-order chi connectivity index (χ0) is 33.6. The van der Waals surface area contributed by atoms with Crippen LogP contribution < -0.4 is 10.2 Å². The van der Waals surface area contributed by atoms with Crippen molar-refractivity contribution in [1.82, 2.24) is 20.2 Å². The number of anilines is 1. The highest BCUT2D eigenvalue weighted by Gasteiger charge is 2.39. The Morgan fingerprint density at radius 1 is 0.917 bits per heavy atom. The van der Waals surface area contributed by atoms with Gasteiger partial charge in [0.15, 0.2) is 5.82 Å². The summed E-state index contributed by atoms with van der Waals surface area (Å²) in [7, 11) is 0. The van der Waals surface area contributed by atoms with E-state index in [1.165, 1.54) is 67.6 Å². The zero-order valence-electron chi connectivity index (χ0n) is 28.3. The number of carboxylic acid groups (broad SMARTS) is 1. The molecule has 9 nitrogen and oxygen atoms in total. The highest BCUT2D eigenvalue weighted by atomic mass is 32.1. The second kappa shape index (κ2) is 15.6. The number of carbonyl (C=O) groups excluding carboxylic acids is 2. The Hall–Kier alpha value is -3.79. The van der Waals surface area contributed by atoms with Crippen LogP contribution in [0.25, 0.3) is 11.4 Å². The number of carboxylic acids is 1. The number of amides is 2. The predicted molar refractivity (Wildman–Crippen MR) is 189 cm³/mol. The normalized spacial score (nSPS) is 21.0. The maximum atomic E-state index is 13.4. The van der Waals surface area contributed by atoms with Crippen molar-refractivity contribution in [3.05, 3.63) is 64.1 Å². The van der Waals surface area contributed by atoms with Crippen molar-refractivity contribution in [3.8, 4) is 11.4 Å². The van der Waals surface area contributed by atoms with E-state index >= 15 is 0 Å². The van der Waals surface area contributed by atoms with E-state index in [0.717, 1.165) is 59.0 Å². The average molecular weight is 672 g/mol. The number of nitrogens with zero attached hydrogens (tertiary/aromatic N) is 4. The minimum Gasteiger partial charge on any atom is -0.481 e. The first-order valence-electron chi connectivity index (χ1n) is 17.9. The highest BCUT2D eigenvalue weighted by molar-refractivity contribution is 7.14. The van der Waals surface area contributed by atoms with Crippen LogP contribution in [0.1, 0.15) is 85.3 Å². The van der Waals surface area contributed by atoms with E-state index in [-0.39, 0.29) is 24.9 Å². The van der Waals surface area contributed by atoms with Crippen molar-refractivity contribution >= 4 is 34.8 Å². The standard InChI is InChI=1S/C38H49N5O4S/c1-3-5-25-6-10-27(11-7-25)28-16-18-42(19-17-28)31-21-39-35(40-22-31)29-12-8-26(9-13-29)20-33(37(45)43-23-30(24-43)38(46)47)41-36(44)34-15-14-32(4-2)48-34/h8-9,12-15,21-22,25,27-28,30,33H,3-7,10-11,16-20,23-24H2,1-2H3,(H,41,44)(H,46,47)/t25?,27?,33-/m0/s1. The van der Waals surface area contributed by atoms with E-state index in [0.29, 0.717) is 17.1 Å². The number of hydrogen-bond donors (Lipinski definition) is 2. The molecule has 0 bridgehead atoms. The molecular formula is C38H49N5O4S. The van der Waals surface area contributed by atoms with E-state index in [1.807, 2.05) is 49.6 Å². The van der Waals surface area contributed by atoms with Crippen molar-refractivity contribution in [2.75, 3.05) is 31.1 Å². The van der Waals surface area contributed by atoms with Crippen LogP contribution >= 0.6 is 11.3 Å². The van der Waals surface area contributed by atoms with Crippen LogP contribution in [0, 0.1) is 23.7 Å². The van der Waals surface area contributed by atoms with Gasteiger partial charge in [0, 0.05) is 43.0 Å². The van der Waals surface area contributed by atoms with Crippen molar-refractivity contribution in [2.45, 2.75) is 84.1 Å². The van der Waals surface area contributed by atoms with Crippen LogP contribution in [-0.2, 0) is 22.4 Å². The molecule has 4 heterocycles. The Morgan fingerprint density at radius 2 is 1.58 bits per heavy atom. The summed E-state index contributed by atoms with van der Waals surface area (Å²) in [5.41, 5.74) is 2.84. The largest absolute Gasteiger partial charge is 0.481 e. The molecule has 3 aliphatic rings. The van der Waals surface area contributed by atoms with Crippen LogP contribution in [0.15, 0.2) is 48.8 Å². The number of thiophene rings is 1. The Bertz CT molecular complexity index is 1540. The van der Waals surface area contributed by atoms with Gasteiger partial charge in [-0.3, -0.25) is 14.4 Å². The minimum atomic E-state index is -0.907. The molecule has 1 saturated carbocycles. The van der Waals surface area contributed by atoms with Crippen molar-refractivity contribution in [2.24, 2.45) is 23.7 Å². The fourth-order valence-corrected chi connectivity index (χ4v) is 8.65. The minimum absolute atomic E-state index is 0.157. The second-order valence-electron chi connectivity index (χ2n) is 14.0. The van der Waals surface area contributed by atoms with Gasteiger partial charge >= 0.3 is 5.97 Å². The lowest BCUT2D eigenvalue weighted by Crippen LogP contribution is -2.59. The molecule has 0 spiro atoms. The molecule has 3 aromatic rings. The van der Waals surface area contributed by atoms with E-state index in [4.69, 9.17) is 9.97 Å². The quantitative estimate of drug-likeness (QED) is 0.227. The first kappa shape index (κ1) is 34.1. The highest BCUT2D eigenvalue weighted by Crippen LogP contribution is 2.39. The second-order valence-corrected chi connectivity index (χ2v) is 15.2. The molecule has 2 saturated heterocycles. The average Bonchev–Trinajstić information content (AvgIpc) is 3.58. The predicted octanol–water partition coefficient (Wildman–Crippen LogP) is 6.47. The van der Waals surface area contributed by atoms with Crippen molar-refractivity contribution < 1.29 is 19.5 Å². The number of nitrogens with one attached hydrogen (secondary N) is 1. The van der Waals surface area contributed by atoms with Gasteiger partial charge < -0.3 is 20.2 Å². The third kappa shape index (κ3) is 8.08. The molecule has 0 radical (unpaired) electrons. The number of aliphatic carboxylic acids is 1. The van der Waals surface area contributed by atoms with E-state index < -0.39 is 17.9 Å². The van der Waals surface area contributed by atoms with Gasteiger partial charge in [-0.05, 0) is 67.6 Å². The molecule has 1 aliphatic carbocycles. The number of aromatic nitrogens is 2. The molecule has 1 atom stereocenters. The Balaban J connectivity index is 1.05. The summed E-state index contributed by atoms with van der Waals surface area (Å²) in [4.78, 5) is 52.8. The lowest BCUT2D eigenvalue weighted by atomic mass is 9.72. The number of rotatable bonds is 12. The van der Waals surface area contributed by atoms with Crippen LogP contribution in [0.3, 0.4) is 0 Å². The monoisotopic (exact) mass is 671 g/mol. The molecule has 256 valence electrons. The summed E-state index contributed by atoms with van der Waals surface area (Å²) in [5, 5.41) is 12.2. The van der Waals surface area contributed by atoms with Crippen molar-refractivity contribution in [1.29, 1.82) is 0 Å². The van der Waals surface area contributed by atoms with Gasteiger partial charge in [-0.15, -0.1) is 11.3 Å². The molecule has 48 heavy (non-hydrogen) atoms. The Morgan fingerprint density at radius 3 is 2.19 bits per heavy atom. The van der Waals surface area contributed by atoms with Gasteiger partial charge in [0.2, 0.25) is 5.91 Å². The first-order valence-corrected chi connectivity index (χ1v) is 18.7. The number of likely N-dealkylation sites (tertiary alicyclic amines) is 1. The maximum Gasteiger partial charge on any atom is 0.310 e. The van der Waals surface area contributed by atoms with Crippen LogP contribution in [0.4, 0.5) is 5.69 Å². The molecule has 2 amide bonds. The molecule has 2 N–H and O–H groups in total. The van der Waals surface area contributed by atoms with Crippen LogP contribution in [0.5, 0.6) is 0 Å². The van der Waals surface area contributed by atoms with Gasteiger partial charge in [0.25, 0.3) is 5.91 Å². The summed E-state index contributed by atoms with van der Waals surface area (Å²) in [6.45, 7) is 6.79. The van der Waals surface area contributed by atoms with Gasteiger partial charge in [0.05, 0.1) is 28.9 Å². The molecule has 0 unspecified atom stereocenters. The fraction of sp³-hybridized carbons (Fsp3) is 0.553. The number of benzene rings is 1. The topological polar surface area (TPSA) is 116 Å². The third-order valence-electron chi connectivity index (χ3n) is 10.8. The fourth-order valence-electron chi connectivity index (χ4n) is 7.80. The van der Waals surface area contributed by atoms with E-state index in [1.54, 1.807) is 6.07 Å². The van der Waals surface area contributed by atoms with Crippen LogP contribution in [-0.4, -0.2) is 70.0 Å². The first-order chi connectivity index (χ1) is 23.3. The van der Waals surface area contributed by atoms with E-state index in [9.17, 15) is 19.5 Å². The number of piperidine rings is 1. The van der Waals surface area contributed by atoms with Crippen LogP contribution in [0.2, 0.25) is 0 Å². The Kier molecular flexibility index (Phi) is 11.1. The summed E-state index contributed by atoms with van der Waals surface area (Å²) in [5.74, 6) is 1.34. The summed E-state index contributed by atoms with van der Waals surface area (Å²) >= 11 is 1.42. The van der Waals surface area contributed by atoms with Gasteiger partial charge in [-0.2, -0.15) is 0 Å². The lowest BCUT2D eigenvalue weighted by molar-refractivity contribution is -0.153. The smallest absolute Gasteiger partial charge is 0.310 e. The molecule has 10 heteroatoms. The van der Waals surface area contributed by atoms with Gasteiger partial charge in [0.1, 0.15) is 6.04 Å². The maximum absolute atomic E-state index is 13.4. The SMILES string of the molecule is CCCC1CCC(C2CCN(c3cnc(-c4ccc(C[C@H](NC(=O)c5ccc(CC)s5)C(=O)N5CC(C(=O)O)C5)cc4)nc3)CC2)CC1. The number of carbonyl (C=O) groups is 3. The molecule has 2 aliphatic heterocycles. The van der Waals surface area contributed by atoms with Crippen molar-refractivity contribution in [3.63, 3.8) is 0 Å². The third-order valence-corrected chi connectivity index (χ3v) is 12.1. The number of hydrogen-bond acceptors (Lipinski definition) is 7.